The van der Waals surface area contributed by atoms with E-state index in [1.54, 1.807) is 40.7 Å². The fourth-order valence-electron chi connectivity index (χ4n) is 2.16. The van der Waals surface area contributed by atoms with E-state index in [0.29, 0.717) is 28.6 Å². The second-order valence-corrected chi connectivity index (χ2v) is 5.85. The molecule has 0 spiro atoms. The van der Waals surface area contributed by atoms with Gasteiger partial charge in [-0.15, -0.1) is 16.4 Å². The van der Waals surface area contributed by atoms with E-state index in [1.165, 1.54) is 17.4 Å². The maximum atomic E-state index is 14.0. The van der Waals surface area contributed by atoms with E-state index < -0.39 is 0 Å². The van der Waals surface area contributed by atoms with Crippen LogP contribution >= 0.6 is 11.3 Å². The molecule has 25 heavy (non-hydrogen) atoms. The Bertz CT molecular complexity index is 925. The summed E-state index contributed by atoms with van der Waals surface area (Å²) in [6.45, 7) is 6.08. The van der Waals surface area contributed by atoms with Gasteiger partial charge in [-0.25, -0.2) is 19.0 Å². The Morgan fingerprint density at radius 2 is 2.24 bits per heavy atom. The topological polar surface area (TPSA) is 56.0 Å². The standard InChI is InChI=1S/C18H16FN5S/c1-3-4-9-20-13(2)18-22-17(16-11-25-12-21-16)23-24(18)10-14-7-5-6-8-15(14)19/h3-9,11-12H,2,10H2,1H3/b4-3-,20-9?. The summed E-state index contributed by atoms with van der Waals surface area (Å²) < 4.78 is 15.6. The molecule has 0 N–H and O–H groups in total. The van der Waals surface area contributed by atoms with Crippen LogP contribution in [0.4, 0.5) is 4.39 Å². The molecule has 1 aromatic carbocycles. The number of halogens is 1. The molecule has 0 aliphatic rings. The molecule has 126 valence electrons. The van der Waals surface area contributed by atoms with Crippen molar-refractivity contribution in [1.29, 1.82) is 0 Å². The minimum Gasteiger partial charge on any atom is -0.254 e. The second-order valence-electron chi connectivity index (χ2n) is 5.13. The van der Waals surface area contributed by atoms with Gasteiger partial charge in [0, 0.05) is 17.2 Å². The molecule has 0 unspecified atom stereocenters. The molecular formula is C18H16FN5S. The Labute approximate surface area is 148 Å². The van der Waals surface area contributed by atoms with Gasteiger partial charge in [-0.1, -0.05) is 30.9 Å². The summed E-state index contributed by atoms with van der Waals surface area (Å²) in [6.07, 6.45) is 5.29. The van der Waals surface area contributed by atoms with Crippen molar-refractivity contribution in [3.63, 3.8) is 0 Å². The molecule has 0 bridgehead atoms. The molecule has 0 radical (unpaired) electrons. The van der Waals surface area contributed by atoms with E-state index in [4.69, 9.17) is 0 Å². The molecule has 0 atom stereocenters. The first kappa shape index (κ1) is 16.9. The number of hydrogen-bond acceptors (Lipinski definition) is 5. The molecule has 3 rings (SSSR count). The van der Waals surface area contributed by atoms with Crippen LogP contribution in [0.3, 0.4) is 0 Å². The van der Waals surface area contributed by atoms with Crippen LogP contribution in [0.1, 0.15) is 18.3 Å². The van der Waals surface area contributed by atoms with Gasteiger partial charge in [-0.2, -0.15) is 0 Å². The molecule has 3 aromatic rings. The predicted octanol–water partition coefficient (Wildman–Crippen LogP) is 4.21. The Morgan fingerprint density at radius 3 is 2.96 bits per heavy atom. The van der Waals surface area contributed by atoms with Crippen molar-refractivity contribution in [1.82, 2.24) is 19.7 Å². The minimum absolute atomic E-state index is 0.233. The lowest BCUT2D eigenvalue weighted by atomic mass is 10.2. The van der Waals surface area contributed by atoms with Crippen LogP contribution in [0, 0.1) is 5.82 Å². The molecule has 0 saturated carbocycles. The first-order valence-corrected chi connectivity index (χ1v) is 8.54. The van der Waals surface area contributed by atoms with Crippen molar-refractivity contribution >= 4 is 23.2 Å². The zero-order chi connectivity index (χ0) is 17.6. The van der Waals surface area contributed by atoms with Gasteiger partial charge in [0.2, 0.25) is 5.82 Å². The van der Waals surface area contributed by atoms with Crippen LogP contribution in [0.5, 0.6) is 0 Å². The zero-order valence-corrected chi connectivity index (χ0v) is 14.4. The zero-order valence-electron chi connectivity index (χ0n) is 13.6. The van der Waals surface area contributed by atoms with E-state index >= 15 is 0 Å². The molecule has 7 heteroatoms. The van der Waals surface area contributed by atoms with Crippen LogP contribution in [0.15, 0.2) is 58.9 Å². The Morgan fingerprint density at radius 1 is 1.40 bits per heavy atom. The summed E-state index contributed by atoms with van der Waals surface area (Å²) in [6, 6.07) is 6.58. The van der Waals surface area contributed by atoms with Gasteiger partial charge < -0.3 is 0 Å². The van der Waals surface area contributed by atoms with Crippen molar-refractivity contribution in [2.24, 2.45) is 4.99 Å². The van der Waals surface area contributed by atoms with Crippen molar-refractivity contribution in [3.05, 3.63) is 71.1 Å². The summed E-state index contributed by atoms with van der Waals surface area (Å²) in [5.41, 5.74) is 3.35. The molecule has 0 amide bonds. The summed E-state index contributed by atoms with van der Waals surface area (Å²) in [5.74, 6) is 0.657. The molecule has 2 aromatic heterocycles. The molecule has 0 aliphatic carbocycles. The largest absolute Gasteiger partial charge is 0.254 e. The smallest absolute Gasteiger partial charge is 0.201 e. The quantitative estimate of drug-likeness (QED) is 0.624. The van der Waals surface area contributed by atoms with Gasteiger partial charge in [-0.3, -0.25) is 4.99 Å². The van der Waals surface area contributed by atoms with Gasteiger partial charge in [0.25, 0.3) is 0 Å². The molecule has 0 aliphatic heterocycles. The molecule has 5 nitrogen and oxygen atoms in total. The second kappa shape index (κ2) is 7.76. The molecule has 2 heterocycles. The van der Waals surface area contributed by atoms with Crippen molar-refractivity contribution in [3.8, 4) is 11.5 Å². The summed E-state index contributed by atoms with van der Waals surface area (Å²) >= 11 is 1.46. The van der Waals surface area contributed by atoms with Crippen LogP contribution < -0.4 is 0 Å². The van der Waals surface area contributed by atoms with Crippen molar-refractivity contribution in [2.45, 2.75) is 13.5 Å². The first-order chi connectivity index (χ1) is 12.2. The Balaban J connectivity index is 1.99. The summed E-state index contributed by atoms with van der Waals surface area (Å²) in [4.78, 5) is 13.0. The normalized spacial score (nSPS) is 11.6. The lowest BCUT2D eigenvalue weighted by Gasteiger charge is -2.06. The SMILES string of the molecule is C=C(N=C/C=C\C)c1nc(-c2cscn2)nn1Cc1ccccc1F. The number of aromatic nitrogens is 4. The monoisotopic (exact) mass is 353 g/mol. The molecular weight excluding hydrogens is 337 g/mol. The van der Waals surface area contributed by atoms with Crippen molar-refractivity contribution < 1.29 is 4.39 Å². The number of rotatable bonds is 6. The molecule has 0 saturated heterocycles. The Kier molecular flexibility index (Phi) is 5.25. The van der Waals surface area contributed by atoms with Crippen LogP contribution in [0.2, 0.25) is 0 Å². The highest BCUT2D eigenvalue weighted by molar-refractivity contribution is 7.07. The average molecular weight is 353 g/mol. The van der Waals surface area contributed by atoms with Crippen LogP contribution in [-0.4, -0.2) is 26.0 Å². The lowest BCUT2D eigenvalue weighted by molar-refractivity contribution is 0.583. The third-order valence-electron chi connectivity index (χ3n) is 3.38. The van der Waals surface area contributed by atoms with Gasteiger partial charge in [0.1, 0.15) is 17.2 Å². The van der Waals surface area contributed by atoms with Gasteiger partial charge >= 0.3 is 0 Å². The summed E-state index contributed by atoms with van der Waals surface area (Å²) in [5, 5.41) is 6.33. The fourth-order valence-corrected chi connectivity index (χ4v) is 2.69. The Hall–Kier alpha value is -2.93. The lowest BCUT2D eigenvalue weighted by Crippen LogP contribution is -2.07. The number of aliphatic imine (C=N–C) groups is 1. The number of allylic oxidation sites excluding steroid dienone is 2. The number of thiazole rings is 1. The fraction of sp³-hybridized carbons (Fsp3) is 0.111. The van der Waals surface area contributed by atoms with Gasteiger partial charge in [-0.05, 0) is 19.1 Å². The first-order valence-electron chi connectivity index (χ1n) is 7.60. The average Bonchev–Trinajstić information content (AvgIpc) is 3.26. The van der Waals surface area contributed by atoms with Crippen LogP contribution in [0.25, 0.3) is 17.2 Å². The van der Waals surface area contributed by atoms with Gasteiger partial charge in [0.05, 0.1) is 12.1 Å². The third kappa shape index (κ3) is 3.95. The van der Waals surface area contributed by atoms with E-state index in [2.05, 4.69) is 26.6 Å². The number of hydrogen-bond donors (Lipinski definition) is 0. The van der Waals surface area contributed by atoms with E-state index in [-0.39, 0.29) is 12.4 Å². The predicted molar refractivity (Wildman–Crippen MR) is 99.0 cm³/mol. The maximum Gasteiger partial charge on any atom is 0.201 e. The minimum atomic E-state index is -0.290. The highest BCUT2D eigenvalue weighted by Crippen LogP contribution is 2.21. The third-order valence-corrected chi connectivity index (χ3v) is 3.96. The molecule has 0 fully saturated rings. The maximum absolute atomic E-state index is 14.0. The highest BCUT2D eigenvalue weighted by atomic mass is 32.1. The summed E-state index contributed by atoms with van der Waals surface area (Å²) in [7, 11) is 0. The number of benzene rings is 1. The highest BCUT2D eigenvalue weighted by Gasteiger charge is 2.16. The van der Waals surface area contributed by atoms with E-state index in [0.717, 1.165) is 0 Å². The van der Waals surface area contributed by atoms with Gasteiger partial charge in [0.15, 0.2) is 5.82 Å². The van der Waals surface area contributed by atoms with E-state index in [9.17, 15) is 4.39 Å². The van der Waals surface area contributed by atoms with Crippen molar-refractivity contribution in [2.75, 3.05) is 0 Å². The van der Waals surface area contributed by atoms with Crippen LogP contribution in [-0.2, 0) is 6.54 Å². The number of nitrogens with zero attached hydrogens (tertiary/aromatic N) is 5. The van der Waals surface area contributed by atoms with E-state index in [1.807, 2.05) is 18.4 Å².